The van der Waals surface area contributed by atoms with Crippen molar-refractivity contribution < 1.29 is 13.2 Å². The highest BCUT2D eigenvalue weighted by molar-refractivity contribution is 7.89. The van der Waals surface area contributed by atoms with E-state index in [4.69, 9.17) is 0 Å². The molecule has 0 spiro atoms. The van der Waals surface area contributed by atoms with Gasteiger partial charge >= 0.3 is 0 Å². The molecule has 3 aromatic carbocycles. The van der Waals surface area contributed by atoms with Crippen LogP contribution in [0.3, 0.4) is 0 Å². The average molecular weight is 492 g/mol. The highest BCUT2D eigenvalue weighted by atomic mass is 32.2. The highest BCUT2D eigenvalue weighted by Crippen LogP contribution is 2.25. The van der Waals surface area contributed by atoms with E-state index >= 15 is 0 Å². The largest absolute Gasteiger partial charge is 0.348 e. The van der Waals surface area contributed by atoms with Crippen LogP contribution in [0.4, 0.5) is 0 Å². The first-order chi connectivity index (χ1) is 16.9. The van der Waals surface area contributed by atoms with Gasteiger partial charge in [0.05, 0.1) is 4.90 Å². The minimum Gasteiger partial charge on any atom is -0.348 e. The van der Waals surface area contributed by atoms with Crippen LogP contribution in [0, 0.1) is 6.92 Å². The van der Waals surface area contributed by atoms with Gasteiger partial charge in [0.15, 0.2) is 0 Å². The van der Waals surface area contributed by atoms with Crippen LogP contribution in [0.5, 0.6) is 0 Å². The summed E-state index contributed by atoms with van der Waals surface area (Å²) in [5.41, 5.74) is 5.56. The molecule has 6 nitrogen and oxygen atoms in total. The molecular formula is C28H33N3O3S. The van der Waals surface area contributed by atoms with Crippen molar-refractivity contribution >= 4 is 15.9 Å². The van der Waals surface area contributed by atoms with Crippen LogP contribution in [0.15, 0.2) is 71.6 Å². The summed E-state index contributed by atoms with van der Waals surface area (Å²) in [7, 11) is -3.64. The zero-order valence-electron chi connectivity index (χ0n) is 20.4. The summed E-state index contributed by atoms with van der Waals surface area (Å²) in [5, 5.41) is 2.98. The lowest BCUT2D eigenvalue weighted by Crippen LogP contribution is -2.26. The van der Waals surface area contributed by atoms with Gasteiger partial charge in [0.1, 0.15) is 0 Å². The minimum absolute atomic E-state index is 0.0875. The molecule has 0 atom stereocenters. The Morgan fingerprint density at radius 2 is 1.69 bits per heavy atom. The van der Waals surface area contributed by atoms with Crippen molar-refractivity contribution in [3.63, 3.8) is 0 Å². The smallest absolute Gasteiger partial charge is 0.251 e. The van der Waals surface area contributed by atoms with Crippen molar-refractivity contribution in [2.75, 3.05) is 19.6 Å². The number of carbonyl (C=O) groups excluding carboxylic acids is 1. The Morgan fingerprint density at radius 1 is 0.971 bits per heavy atom. The molecule has 3 aromatic rings. The standard InChI is InChI=1S/C28H33N3O3S/c1-3-30-35(33,34)25-15-10-21(2)27(18-25)28(32)29-19-24-8-4-5-9-26(24)23-13-11-22(12-14-23)20-31-16-6-7-17-31/h4-5,8-15,18,30H,3,6-7,16-17,19-20H2,1-2H3,(H,29,32). The van der Waals surface area contributed by atoms with Crippen LogP contribution in [0.25, 0.3) is 11.1 Å². The Bertz CT molecular complexity index is 1280. The molecule has 0 aliphatic carbocycles. The number of nitrogens with one attached hydrogen (secondary N) is 2. The molecule has 2 N–H and O–H groups in total. The number of amides is 1. The maximum absolute atomic E-state index is 13.0. The number of aryl methyl sites for hydroxylation is 1. The third-order valence-corrected chi connectivity index (χ3v) is 7.97. The van der Waals surface area contributed by atoms with E-state index in [1.165, 1.54) is 43.6 Å². The van der Waals surface area contributed by atoms with Gasteiger partial charge < -0.3 is 5.32 Å². The van der Waals surface area contributed by atoms with Gasteiger partial charge in [-0.15, -0.1) is 0 Å². The van der Waals surface area contributed by atoms with Crippen LogP contribution < -0.4 is 10.0 Å². The van der Waals surface area contributed by atoms with Crippen molar-refractivity contribution in [1.29, 1.82) is 0 Å². The number of hydrogen-bond acceptors (Lipinski definition) is 4. The van der Waals surface area contributed by atoms with Gasteiger partial charge in [-0.3, -0.25) is 9.69 Å². The Morgan fingerprint density at radius 3 is 2.40 bits per heavy atom. The van der Waals surface area contributed by atoms with Crippen LogP contribution in [-0.4, -0.2) is 38.9 Å². The molecule has 184 valence electrons. The second kappa shape index (κ2) is 11.2. The fourth-order valence-electron chi connectivity index (χ4n) is 4.50. The normalized spacial score (nSPS) is 14.2. The Labute approximate surface area is 208 Å². The predicted molar refractivity (Wildman–Crippen MR) is 140 cm³/mol. The van der Waals surface area contributed by atoms with E-state index in [1.807, 2.05) is 18.2 Å². The molecule has 1 saturated heterocycles. The lowest BCUT2D eigenvalue weighted by Gasteiger charge is -2.16. The minimum atomic E-state index is -3.64. The molecule has 0 bridgehead atoms. The summed E-state index contributed by atoms with van der Waals surface area (Å²) in [5.74, 6) is -0.299. The molecule has 0 radical (unpaired) electrons. The lowest BCUT2D eigenvalue weighted by molar-refractivity contribution is 0.0950. The van der Waals surface area contributed by atoms with Gasteiger partial charge in [-0.1, -0.05) is 61.5 Å². The van der Waals surface area contributed by atoms with E-state index < -0.39 is 10.0 Å². The fourth-order valence-corrected chi connectivity index (χ4v) is 5.57. The molecule has 0 saturated carbocycles. The summed E-state index contributed by atoms with van der Waals surface area (Å²) in [4.78, 5) is 15.6. The fraction of sp³-hybridized carbons (Fsp3) is 0.321. The van der Waals surface area contributed by atoms with Crippen LogP contribution in [0.1, 0.15) is 46.8 Å². The maximum atomic E-state index is 13.0. The molecule has 1 fully saturated rings. The lowest BCUT2D eigenvalue weighted by atomic mass is 9.98. The molecule has 1 amide bonds. The molecule has 0 aromatic heterocycles. The molecule has 35 heavy (non-hydrogen) atoms. The van der Waals surface area contributed by atoms with Gasteiger partial charge in [0.2, 0.25) is 10.0 Å². The first kappa shape index (κ1) is 25.1. The Hall–Kier alpha value is -3.00. The van der Waals surface area contributed by atoms with Gasteiger partial charge in [-0.05, 0) is 72.8 Å². The summed E-state index contributed by atoms with van der Waals surface area (Å²) in [6.45, 7) is 7.48. The van der Waals surface area contributed by atoms with Gasteiger partial charge in [-0.2, -0.15) is 0 Å². The third kappa shape index (κ3) is 6.17. The molecule has 1 heterocycles. The van der Waals surface area contributed by atoms with E-state index in [0.717, 1.165) is 28.8 Å². The van der Waals surface area contributed by atoms with Gasteiger partial charge in [0.25, 0.3) is 5.91 Å². The Balaban J connectivity index is 1.48. The second-order valence-electron chi connectivity index (χ2n) is 9.00. The van der Waals surface area contributed by atoms with E-state index in [2.05, 4.69) is 45.3 Å². The van der Waals surface area contributed by atoms with E-state index in [-0.39, 0.29) is 17.3 Å². The maximum Gasteiger partial charge on any atom is 0.251 e. The van der Waals surface area contributed by atoms with Crippen LogP contribution in [0.2, 0.25) is 0 Å². The SMILES string of the molecule is CCNS(=O)(=O)c1ccc(C)c(C(=O)NCc2ccccc2-c2ccc(CN3CCCC3)cc2)c1. The zero-order chi connectivity index (χ0) is 24.8. The summed E-state index contributed by atoms with van der Waals surface area (Å²) in [6.07, 6.45) is 2.57. The van der Waals surface area contributed by atoms with E-state index in [9.17, 15) is 13.2 Å². The topological polar surface area (TPSA) is 78.5 Å². The number of carbonyl (C=O) groups is 1. The number of hydrogen-bond donors (Lipinski definition) is 2. The first-order valence-corrected chi connectivity index (χ1v) is 13.6. The van der Waals surface area contributed by atoms with Crippen molar-refractivity contribution in [3.8, 4) is 11.1 Å². The number of likely N-dealkylation sites (tertiary alicyclic amines) is 1. The molecular weight excluding hydrogens is 458 g/mol. The van der Waals surface area contributed by atoms with Crippen molar-refractivity contribution in [2.24, 2.45) is 0 Å². The predicted octanol–water partition coefficient (Wildman–Crippen LogP) is 4.49. The monoisotopic (exact) mass is 491 g/mol. The highest BCUT2D eigenvalue weighted by Gasteiger charge is 2.18. The first-order valence-electron chi connectivity index (χ1n) is 12.2. The third-order valence-electron chi connectivity index (χ3n) is 6.42. The average Bonchev–Trinajstić information content (AvgIpc) is 3.36. The van der Waals surface area contributed by atoms with E-state index in [0.29, 0.717) is 12.1 Å². The summed E-state index contributed by atoms with van der Waals surface area (Å²) >= 11 is 0. The molecule has 1 aliphatic rings. The van der Waals surface area contributed by atoms with Crippen LogP contribution in [-0.2, 0) is 23.1 Å². The number of nitrogens with zero attached hydrogens (tertiary/aromatic N) is 1. The van der Waals surface area contributed by atoms with Gasteiger partial charge in [-0.25, -0.2) is 13.1 Å². The van der Waals surface area contributed by atoms with Crippen molar-refractivity contribution in [3.05, 3.63) is 89.0 Å². The van der Waals surface area contributed by atoms with Crippen molar-refractivity contribution in [1.82, 2.24) is 14.9 Å². The number of rotatable bonds is 9. The van der Waals surface area contributed by atoms with Gasteiger partial charge in [0, 0.05) is 25.2 Å². The van der Waals surface area contributed by atoms with E-state index in [1.54, 1.807) is 19.9 Å². The summed E-state index contributed by atoms with van der Waals surface area (Å²) < 4.78 is 27.2. The van der Waals surface area contributed by atoms with Crippen molar-refractivity contribution in [2.45, 2.75) is 44.7 Å². The second-order valence-corrected chi connectivity index (χ2v) is 10.8. The number of benzene rings is 3. The quantitative estimate of drug-likeness (QED) is 0.462. The molecule has 0 unspecified atom stereocenters. The summed E-state index contributed by atoms with van der Waals surface area (Å²) in [6, 6.07) is 21.3. The molecule has 1 aliphatic heterocycles. The Kier molecular flexibility index (Phi) is 8.00. The molecule has 4 rings (SSSR count). The van der Waals surface area contributed by atoms with Crippen LogP contribution >= 0.6 is 0 Å². The zero-order valence-corrected chi connectivity index (χ0v) is 21.2. The number of sulfonamides is 1. The molecule has 7 heteroatoms.